The van der Waals surface area contributed by atoms with Gasteiger partial charge in [-0.2, -0.15) is 0 Å². The van der Waals surface area contributed by atoms with Gasteiger partial charge in [-0.25, -0.2) is 4.79 Å². The lowest BCUT2D eigenvalue weighted by Crippen LogP contribution is -2.53. The van der Waals surface area contributed by atoms with Crippen molar-refractivity contribution in [3.63, 3.8) is 0 Å². The number of hydrogen-bond acceptors (Lipinski definition) is 4. The van der Waals surface area contributed by atoms with Crippen LogP contribution in [-0.4, -0.2) is 55.2 Å². The van der Waals surface area contributed by atoms with Crippen LogP contribution in [0.4, 0.5) is 4.79 Å². The fourth-order valence-electron chi connectivity index (χ4n) is 2.82. The second kappa shape index (κ2) is 7.59. The number of nitrogens with zero attached hydrogens (tertiary/aromatic N) is 1. The first-order valence-electron chi connectivity index (χ1n) is 7.60. The van der Waals surface area contributed by atoms with Gasteiger partial charge in [0.25, 0.3) is 0 Å². The Labute approximate surface area is 120 Å². The summed E-state index contributed by atoms with van der Waals surface area (Å²) < 4.78 is 5.26. The molecule has 1 atom stereocenters. The van der Waals surface area contributed by atoms with Gasteiger partial charge < -0.3 is 10.1 Å². The van der Waals surface area contributed by atoms with Crippen molar-refractivity contribution < 1.29 is 14.3 Å². The second-order valence-electron chi connectivity index (χ2n) is 5.62. The first-order chi connectivity index (χ1) is 9.66. The van der Waals surface area contributed by atoms with Gasteiger partial charge in [0.15, 0.2) is 0 Å². The van der Waals surface area contributed by atoms with Gasteiger partial charge >= 0.3 is 6.03 Å². The Morgan fingerprint density at radius 2 is 1.80 bits per heavy atom. The number of hydrogen-bond donors (Lipinski definition) is 2. The molecular formula is C14H25N3O3. The number of ether oxygens (including phenoxy) is 1. The highest BCUT2D eigenvalue weighted by atomic mass is 16.5. The van der Waals surface area contributed by atoms with Crippen molar-refractivity contribution in [2.45, 2.75) is 51.1 Å². The van der Waals surface area contributed by atoms with E-state index in [2.05, 4.69) is 10.6 Å². The predicted molar refractivity (Wildman–Crippen MR) is 75.4 cm³/mol. The van der Waals surface area contributed by atoms with E-state index >= 15 is 0 Å². The molecule has 114 valence electrons. The van der Waals surface area contributed by atoms with Gasteiger partial charge in [0.2, 0.25) is 5.91 Å². The number of amides is 3. The molecule has 2 N–H and O–H groups in total. The Morgan fingerprint density at radius 1 is 1.15 bits per heavy atom. The number of urea groups is 1. The Bertz CT molecular complexity index is 337. The van der Waals surface area contributed by atoms with Gasteiger partial charge in [0.05, 0.1) is 19.3 Å². The molecular weight excluding hydrogens is 258 g/mol. The van der Waals surface area contributed by atoms with E-state index in [0.717, 1.165) is 38.8 Å². The predicted octanol–water partition coefficient (Wildman–Crippen LogP) is 0.866. The average Bonchev–Trinajstić information content (AvgIpc) is 2.48. The number of rotatable bonds is 3. The summed E-state index contributed by atoms with van der Waals surface area (Å²) in [4.78, 5) is 25.9. The summed E-state index contributed by atoms with van der Waals surface area (Å²) in [5.74, 6) is -0.236. The van der Waals surface area contributed by atoms with Crippen molar-refractivity contribution in [3.05, 3.63) is 0 Å². The number of carbonyl (C=O) groups is 2. The van der Waals surface area contributed by atoms with Crippen LogP contribution in [0.3, 0.4) is 0 Å². The molecule has 0 spiro atoms. The molecule has 0 aromatic carbocycles. The number of imide groups is 1. The summed E-state index contributed by atoms with van der Waals surface area (Å²) in [6.07, 6.45) is 5.58. The third-order valence-electron chi connectivity index (χ3n) is 4.15. The van der Waals surface area contributed by atoms with E-state index in [0.29, 0.717) is 13.2 Å². The highest BCUT2D eigenvalue weighted by molar-refractivity contribution is 5.96. The first kappa shape index (κ1) is 15.3. The van der Waals surface area contributed by atoms with Crippen LogP contribution in [0.5, 0.6) is 0 Å². The molecule has 6 nitrogen and oxygen atoms in total. The minimum Gasteiger partial charge on any atom is -0.379 e. The van der Waals surface area contributed by atoms with Gasteiger partial charge in [0.1, 0.15) is 0 Å². The molecule has 1 aliphatic carbocycles. The van der Waals surface area contributed by atoms with E-state index < -0.39 is 0 Å². The van der Waals surface area contributed by atoms with Crippen molar-refractivity contribution in [2.24, 2.45) is 0 Å². The second-order valence-corrected chi connectivity index (χ2v) is 5.62. The highest BCUT2D eigenvalue weighted by Gasteiger charge is 2.25. The van der Waals surface area contributed by atoms with Crippen LogP contribution in [0.15, 0.2) is 0 Å². The van der Waals surface area contributed by atoms with Crippen LogP contribution in [0, 0.1) is 0 Å². The zero-order valence-electron chi connectivity index (χ0n) is 12.2. The lowest BCUT2D eigenvalue weighted by molar-refractivity contribution is -0.126. The van der Waals surface area contributed by atoms with Gasteiger partial charge in [-0.15, -0.1) is 0 Å². The van der Waals surface area contributed by atoms with Crippen LogP contribution in [-0.2, 0) is 9.53 Å². The third kappa shape index (κ3) is 4.45. The van der Waals surface area contributed by atoms with E-state index in [9.17, 15) is 9.59 Å². The fraction of sp³-hybridized carbons (Fsp3) is 0.857. The molecule has 2 rings (SSSR count). The maximum Gasteiger partial charge on any atom is 0.321 e. The molecule has 0 radical (unpaired) electrons. The molecule has 3 amide bonds. The van der Waals surface area contributed by atoms with E-state index in [-0.39, 0.29) is 24.0 Å². The monoisotopic (exact) mass is 283 g/mol. The van der Waals surface area contributed by atoms with Crippen LogP contribution in [0.1, 0.15) is 39.0 Å². The van der Waals surface area contributed by atoms with Crippen molar-refractivity contribution >= 4 is 11.9 Å². The normalized spacial score (nSPS) is 23.1. The molecule has 6 heteroatoms. The Hall–Kier alpha value is -1.14. The Morgan fingerprint density at radius 3 is 2.45 bits per heavy atom. The lowest BCUT2D eigenvalue weighted by Gasteiger charge is -2.31. The highest BCUT2D eigenvalue weighted by Crippen LogP contribution is 2.17. The molecule has 0 aromatic heterocycles. The Balaban J connectivity index is 1.73. The summed E-state index contributed by atoms with van der Waals surface area (Å²) >= 11 is 0. The molecule has 0 unspecified atom stereocenters. The molecule has 1 aliphatic heterocycles. The SMILES string of the molecule is C[C@@H](C(=O)NC(=O)NC1CCCCC1)N1CCOCC1. The Kier molecular flexibility index (Phi) is 5.79. The topological polar surface area (TPSA) is 70.7 Å². The number of morpholine rings is 1. The van der Waals surface area contributed by atoms with E-state index in [4.69, 9.17) is 4.74 Å². The van der Waals surface area contributed by atoms with Crippen LogP contribution >= 0.6 is 0 Å². The van der Waals surface area contributed by atoms with Crippen LogP contribution < -0.4 is 10.6 Å². The zero-order valence-corrected chi connectivity index (χ0v) is 12.2. The average molecular weight is 283 g/mol. The molecule has 2 fully saturated rings. The first-order valence-corrected chi connectivity index (χ1v) is 7.60. The van der Waals surface area contributed by atoms with Crippen molar-refractivity contribution in [1.29, 1.82) is 0 Å². The smallest absolute Gasteiger partial charge is 0.321 e. The zero-order chi connectivity index (χ0) is 14.4. The molecule has 1 saturated carbocycles. The number of nitrogens with one attached hydrogen (secondary N) is 2. The van der Waals surface area contributed by atoms with Crippen LogP contribution in [0.2, 0.25) is 0 Å². The maximum absolute atomic E-state index is 12.0. The summed E-state index contributed by atoms with van der Waals surface area (Å²) in [6, 6.07) is -0.437. The summed E-state index contributed by atoms with van der Waals surface area (Å²) in [7, 11) is 0. The molecule has 2 aliphatic rings. The minimum absolute atomic E-state index is 0.218. The lowest BCUT2D eigenvalue weighted by atomic mass is 9.96. The molecule has 20 heavy (non-hydrogen) atoms. The summed E-state index contributed by atoms with van der Waals surface area (Å²) in [6.45, 7) is 4.59. The summed E-state index contributed by atoms with van der Waals surface area (Å²) in [5, 5.41) is 5.35. The van der Waals surface area contributed by atoms with Crippen LogP contribution in [0.25, 0.3) is 0 Å². The van der Waals surface area contributed by atoms with Crippen molar-refractivity contribution in [3.8, 4) is 0 Å². The maximum atomic E-state index is 12.0. The van der Waals surface area contributed by atoms with Gasteiger partial charge in [-0.05, 0) is 19.8 Å². The van der Waals surface area contributed by atoms with Gasteiger partial charge in [-0.1, -0.05) is 19.3 Å². The standard InChI is InChI=1S/C14H25N3O3/c1-11(17-7-9-20-10-8-17)13(18)16-14(19)15-12-5-3-2-4-6-12/h11-12H,2-10H2,1H3,(H2,15,16,18,19)/t11-/m0/s1. The van der Waals surface area contributed by atoms with Crippen molar-refractivity contribution in [2.75, 3.05) is 26.3 Å². The molecule has 0 bridgehead atoms. The van der Waals surface area contributed by atoms with E-state index in [1.165, 1.54) is 6.42 Å². The largest absolute Gasteiger partial charge is 0.379 e. The summed E-state index contributed by atoms with van der Waals surface area (Å²) in [5.41, 5.74) is 0. The van der Waals surface area contributed by atoms with Gasteiger partial charge in [0, 0.05) is 19.1 Å². The third-order valence-corrected chi connectivity index (χ3v) is 4.15. The fourth-order valence-corrected chi connectivity index (χ4v) is 2.82. The molecule has 0 aromatic rings. The number of carbonyl (C=O) groups excluding carboxylic acids is 2. The van der Waals surface area contributed by atoms with E-state index in [1.807, 2.05) is 11.8 Å². The van der Waals surface area contributed by atoms with Crippen molar-refractivity contribution in [1.82, 2.24) is 15.5 Å². The quantitative estimate of drug-likeness (QED) is 0.806. The molecule has 1 saturated heterocycles. The van der Waals surface area contributed by atoms with E-state index in [1.54, 1.807) is 0 Å². The van der Waals surface area contributed by atoms with Gasteiger partial charge in [-0.3, -0.25) is 15.0 Å². The molecule has 1 heterocycles. The minimum atomic E-state index is -0.359.